The first-order chi connectivity index (χ1) is 9.74. The fraction of sp³-hybridized carbons (Fsp3) is 0.500. The zero-order chi connectivity index (χ0) is 13.9. The van der Waals surface area contributed by atoms with E-state index in [0.717, 1.165) is 13.1 Å². The fourth-order valence-corrected chi connectivity index (χ4v) is 3.10. The minimum atomic E-state index is 0.579. The van der Waals surface area contributed by atoms with Crippen molar-refractivity contribution in [2.75, 3.05) is 13.1 Å². The maximum atomic E-state index is 4.52. The van der Waals surface area contributed by atoms with Crippen LogP contribution in [0.2, 0.25) is 0 Å². The van der Waals surface area contributed by atoms with Gasteiger partial charge in [-0.1, -0.05) is 6.07 Å². The summed E-state index contributed by atoms with van der Waals surface area (Å²) in [5.41, 5.74) is 5.08. The second kappa shape index (κ2) is 5.75. The second-order valence-corrected chi connectivity index (χ2v) is 5.81. The quantitative estimate of drug-likeness (QED) is 0.932. The van der Waals surface area contributed by atoms with Crippen molar-refractivity contribution in [3.63, 3.8) is 0 Å². The molecular weight excluding hydrogens is 248 g/mol. The number of aryl methyl sites for hydroxylation is 2. The van der Waals surface area contributed by atoms with Gasteiger partial charge in [-0.15, -0.1) is 0 Å². The molecule has 0 bridgehead atoms. The van der Waals surface area contributed by atoms with Gasteiger partial charge in [0.25, 0.3) is 0 Å². The zero-order valence-corrected chi connectivity index (χ0v) is 12.3. The summed E-state index contributed by atoms with van der Waals surface area (Å²) in [6.07, 6.45) is 6.32. The number of aromatic amines is 1. The van der Waals surface area contributed by atoms with E-state index in [1.54, 1.807) is 0 Å². The number of aromatic nitrogens is 3. The lowest BCUT2D eigenvalue weighted by atomic mass is 9.93. The van der Waals surface area contributed by atoms with E-state index in [9.17, 15) is 0 Å². The molecule has 1 aliphatic rings. The Morgan fingerprint density at radius 1 is 1.35 bits per heavy atom. The van der Waals surface area contributed by atoms with Crippen molar-refractivity contribution in [3.8, 4) is 0 Å². The zero-order valence-electron chi connectivity index (χ0n) is 12.3. The number of nitrogens with zero attached hydrogens (tertiary/aromatic N) is 3. The Bertz CT molecular complexity index is 575. The van der Waals surface area contributed by atoms with Gasteiger partial charge in [-0.3, -0.25) is 15.0 Å². The lowest BCUT2D eigenvalue weighted by Gasteiger charge is -2.32. The van der Waals surface area contributed by atoms with E-state index in [1.807, 2.05) is 18.5 Å². The number of rotatable bonds is 3. The number of H-pyrrole nitrogens is 1. The summed E-state index contributed by atoms with van der Waals surface area (Å²) < 4.78 is 0. The lowest BCUT2D eigenvalue weighted by molar-refractivity contribution is 0.196. The summed E-state index contributed by atoms with van der Waals surface area (Å²) in [5.74, 6) is 0.579. The SMILES string of the molecule is Cc1cccnc1CN1CCC[C@@H](c2[nH]ncc2C)C1. The van der Waals surface area contributed by atoms with Gasteiger partial charge in [0.15, 0.2) is 0 Å². The number of nitrogens with one attached hydrogen (secondary N) is 1. The third-order valence-corrected chi connectivity index (χ3v) is 4.27. The first-order valence-corrected chi connectivity index (χ1v) is 7.37. The Morgan fingerprint density at radius 3 is 3.00 bits per heavy atom. The molecule has 4 heteroatoms. The van der Waals surface area contributed by atoms with Crippen molar-refractivity contribution in [2.45, 2.75) is 39.2 Å². The highest BCUT2D eigenvalue weighted by Gasteiger charge is 2.24. The Kier molecular flexibility index (Phi) is 3.83. The number of hydrogen-bond acceptors (Lipinski definition) is 3. The molecule has 0 spiro atoms. The molecule has 0 aliphatic carbocycles. The largest absolute Gasteiger partial charge is 0.297 e. The molecule has 106 valence electrons. The van der Waals surface area contributed by atoms with Gasteiger partial charge in [0.05, 0.1) is 11.9 Å². The molecule has 0 aromatic carbocycles. The van der Waals surface area contributed by atoms with E-state index in [1.165, 1.54) is 41.9 Å². The molecule has 3 rings (SSSR count). The molecule has 20 heavy (non-hydrogen) atoms. The van der Waals surface area contributed by atoms with E-state index in [-0.39, 0.29) is 0 Å². The van der Waals surface area contributed by atoms with Crippen LogP contribution in [0.5, 0.6) is 0 Å². The molecule has 1 fully saturated rings. The molecule has 4 nitrogen and oxygen atoms in total. The molecular formula is C16H22N4. The summed E-state index contributed by atoms with van der Waals surface area (Å²) in [5, 5.41) is 7.34. The number of piperidine rings is 1. The Hall–Kier alpha value is -1.68. The average Bonchev–Trinajstić information content (AvgIpc) is 2.88. The molecule has 1 N–H and O–H groups in total. The van der Waals surface area contributed by atoms with E-state index in [0.29, 0.717) is 5.92 Å². The van der Waals surface area contributed by atoms with Gasteiger partial charge in [-0.2, -0.15) is 5.10 Å². The van der Waals surface area contributed by atoms with Crippen molar-refractivity contribution < 1.29 is 0 Å². The Balaban J connectivity index is 1.70. The predicted octanol–water partition coefficient (Wildman–Crippen LogP) is 2.80. The minimum absolute atomic E-state index is 0.579. The highest BCUT2D eigenvalue weighted by Crippen LogP contribution is 2.28. The van der Waals surface area contributed by atoms with Crippen molar-refractivity contribution in [3.05, 3.63) is 47.0 Å². The molecule has 3 heterocycles. The Labute approximate surface area is 120 Å². The maximum absolute atomic E-state index is 4.52. The molecule has 2 aromatic rings. The average molecular weight is 270 g/mol. The van der Waals surface area contributed by atoms with Crippen LogP contribution in [-0.4, -0.2) is 33.2 Å². The smallest absolute Gasteiger partial charge is 0.0573 e. The van der Waals surface area contributed by atoms with Gasteiger partial charge in [0.2, 0.25) is 0 Å². The van der Waals surface area contributed by atoms with E-state index in [2.05, 4.69) is 40.0 Å². The molecule has 0 unspecified atom stereocenters. The van der Waals surface area contributed by atoms with Gasteiger partial charge in [0.1, 0.15) is 0 Å². The van der Waals surface area contributed by atoms with Crippen molar-refractivity contribution in [1.29, 1.82) is 0 Å². The number of pyridine rings is 1. The van der Waals surface area contributed by atoms with E-state index in [4.69, 9.17) is 0 Å². The normalized spacial score (nSPS) is 20.2. The highest BCUT2D eigenvalue weighted by molar-refractivity contribution is 5.20. The first kappa shape index (κ1) is 13.3. The molecule has 0 saturated carbocycles. The topological polar surface area (TPSA) is 44.8 Å². The first-order valence-electron chi connectivity index (χ1n) is 7.37. The van der Waals surface area contributed by atoms with Gasteiger partial charge < -0.3 is 0 Å². The Morgan fingerprint density at radius 2 is 2.25 bits per heavy atom. The molecule has 0 radical (unpaired) electrons. The van der Waals surface area contributed by atoms with Crippen LogP contribution >= 0.6 is 0 Å². The van der Waals surface area contributed by atoms with Crippen LogP contribution in [0, 0.1) is 13.8 Å². The van der Waals surface area contributed by atoms with E-state index >= 15 is 0 Å². The maximum Gasteiger partial charge on any atom is 0.0573 e. The third kappa shape index (κ3) is 2.75. The van der Waals surface area contributed by atoms with E-state index < -0.39 is 0 Å². The molecule has 1 aliphatic heterocycles. The summed E-state index contributed by atoms with van der Waals surface area (Å²) in [6.45, 7) is 7.50. The summed E-state index contributed by atoms with van der Waals surface area (Å²) in [4.78, 5) is 7.03. The van der Waals surface area contributed by atoms with Gasteiger partial charge in [-0.25, -0.2) is 0 Å². The predicted molar refractivity (Wildman–Crippen MR) is 79.6 cm³/mol. The third-order valence-electron chi connectivity index (χ3n) is 4.27. The lowest BCUT2D eigenvalue weighted by Crippen LogP contribution is -2.34. The van der Waals surface area contributed by atoms with Crippen LogP contribution in [0.25, 0.3) is 0 Å². The van der Waals surface area contributed by atoms with Gasteiger partial charge in [-0.05, 0) is 50.4 Å². The van der Waals surface area contributed by atoms with Crippen molar-refractivity contribution >= 4 is 0 Å². The van der Waals surface area contributed by atoms with Crippen molar-refractivity contribution in [1.82, 2.24) is 20.1 Å². The number of likely N-dealkylation sites (tertiary alicyclic amines) is 1. The summed E-state index contributed by atoms with van der Waals surface area (Å²) >= 11 is 0. The van der Waals surface area contributed by atoms with Crippen LogP contribution in [-0.2, 0) is 6.54 Å². The van der Waals surface area contributed by atoms with Gasteiger partial charge >= 0.3 is 0 Å². The minimum Gasteiger partial charge on any atom is -0.297 e. The summed E-state index contributed by atoms with van der Waals surface area (Å²) in [7, 11) is 0. The van der Waals surface area contributed by atoms with Crippen LogP contribution in [0.1, 0.15) is 41.3 Å². The van der Waals surface area contributed by atoms with Crippen LogP contribution in [0.15, 0.2) is 24.5 Å². The monoisotopic (exact) mass is 270 g/mol. The molecule has 0 amide bonds. The van der Waals surface area contributed by atoms with Crippen LogP contribution in [0.4, 0.5) is 0 Å². The standard InChI is InChI=1S/C16H22N4/c1-12-5-3-7-17-15(12)11-20-8-4-6-14(10-20)16-13(2)9-18-19-16/h3,5,7,9,14H,4,6,8,10-11H2,1-2H3,(H,18,19)/t14-/m1/s1. The van der Waals surface area contributed by atoms with Crippen LogP contribution in [0.3, 0.4) is 0 Å². The highest BCUT2D eigenvalue weighted by atomic mass is 15.2. The van der Waals surface area contributed by atoms with Gasteiger partial charge in [0, 0.05) is 30.9 Å². The van der Waals surface area contributed by atoms with Crippen LogP contribution < -0.4 is 0 Å². The molecule has 1 atom stereocenters. The summed E-state index contributed by atoms with van der Waals surface area (Å²) in [6, 6.07) is 4.15. The van der Waals surface area contributed by atoms with Crippen molar-refractivity contribution in [2.24, 2.45) is 0 Å². The number of hydrogen-bond donors (Lipinski definition) is 1. The molecule has 2 aromatic heterocycles. The fourth-order valence-electron chi connectivity index (χ4n) is 3.10. The molecule has 1 saturated heterocycles. The second-order valence-electron chi connectivity index (χ2n) is 5.81.